The second kappa shape index (κ2) is 6.45. The van der Waals surface area contributed by atoms with Crippen molar-refractivity contribution in [1.82, 2.24) is 24.9 Å². The van der Waals surface area contributed by atoms with Gasteiger partial charge in [0.1, 0.15) is 5.82 Å². The molecule has 0 aliphatic carbocycles. The van der Waals surface area contributed by atoms with E-state index in [2.05, 4.69) is 20.5 Å². The molecule has 1 aromatic carbocycles. The van der Waals surface area contributed by atoms with E-state index < -0.39 is 0 Å². The Hall–Kier alpha value is -3.06. The van der Waals surface area contributed by atoms with E-state index >= 15 is 0 Å². The van der Waals surface area contributed by atoms with E-state index in [9.17, 15) is 4.39 Å². The summed E-state index contributed by atoms with van der Waals surface area (Å²) < 4.78 is 21.4. The molecule has 0 aliphatic heterocycles. The molecular formula is C18H16FN5O. The van der Waals surface area contributed by atoms with E-state index in [0.717, 1.165) is 11.5 Å². The second-order valence-electron chi connectivity index (χ2n) is 5.69. The van der Waals surface area contributed by atoms with Crippen LogP contribution in [0, 0.1) is 5.82 Å². The molecule has 1 N–H and O–H groups in total. The summed E-state index contributed by atoms with van der Waals surface area (Å²) in [7, 11) is 0. The van der Waals surface area contributed by atoms with Gasteiger partial charge in [0.05, 0.1) is 24.3 Å². The van der Waals surface area contributed by atoms with Gasteiger partial charge >= 0.3 is 0 Å². The van der Waals surface area contributed by atoms with Gasteiger partial charge in [0, 0.05) is 6.20 Å². The summed E-state index contributed by atoms with van der Waals surface area (Å²) in [5.74, 6) is 1.37. The molecule has 7 heteroatoms. The monoisotopic (exact) mass is 337 g/mol. The maximum absolute atomic E-state index is 13.8. The van der Waals surface area contributed by atoms with Crippen LogP contribution in [-0.4, -0.2) is 19.6 Å². The van der Waals surface area contributed by atoms with Crippen LogP contribution in [0.2, 0.25) is 0 Å². The number of hydrogen-bond acceptors (Lipinski definition) is 5. The van der Waals surface area contributed by atoms with Crippen molar-refractivity contribution in [2.45, 2.75) is 19.5 Å². The van der Waals surface area contributed by atoms with E-state index in [-0.39, 0.29) is 11.9 Å². The number of rotatable bonds is 5. The van der Waals surface area contributed by atoms with Gasteiger partial charge in [-0.1, -0.05) is 18.2 Å². The molecule has 126 valence electrons. The molecular weight excluding hydrogens is 321 g/mol. The summed E-state index contributed by atoms with van der Waals surface area (Å²) in [5, 5.41) is 11.7. The molecule has 0 saturated heterocycles. The number of nitrogens with zero attached hydrogens (tertiary/aromatic N) is 4. The topological polar surface area (TPSA) is 68.2 Å². The smallest absolute Gasteiger partial charge is 0.208 e. The molecule has 3 aromatic heterocycles. The third kappa shape index (κ3) is 3.01. The van der Waals surface area contributed by atoms with Gasteiger partial charge in [0.15, 0.2) is 17.2 Å². The molecule has 25 heavy (non-hydrogen) atoms. The quantitative estimate of drug-likeness (QED) is 0.605. The minimum Gasteiger partial charge on any atom is -0.439 e. The number of benzene rings is 1. The molecule has 1 atom stereocenters. The van der Waals surface area contributed by atoms with Gasteiger partial charge in [0.25, 0.3) is 0 Å². The fourth-order valence-corrected chi connectivity index (χ4v) is 2.66. The zero-order chi connectivity index (χ0) is 17.2. The third-order valence-electron chi connectivity index (χ3n) is 3.98. The normalized spacial score (nSPS) is 12.6. The van der Waals surface area contributed by atoms with Crippen LogP contribution in [0.4, 0.5) is 4.39 Å². The van der Waals surface area contributed by atoms with Crippen LogP contribution in [-0.2, 0) is 6.54 Å². The minimum absolute atomic E-state index is 0.0544. The summed E-state index contributed by atoms with van der Waals surface area (Å²) >= 11 is 0. The summed E-state index contributed by atoms with van der Waals surface area (Å²) in [6.07, 6.45) is 3.46. The molecule has 0 aliphatic rings. The van der Waals surface area contributed by atoms with Crippen LogP contribution >= 0.6 is 0 Å². The highest BCUT2D eigenvalue weighted by molar-refractivity contribution is 5.56. The van der Waals surface area contributed by atoms with E-state index in [1.807, 2.05) is 35.7 Å². The van der Waals surface area contributed by atoms with Crippen molar-refractivity contribution in [1.29, 1.82) is 0 Å². The highest BCUT2D eigenvalue weighted by atomic mass is 19.1. The Morgan fingerprint density at radius 1 is 1.16 bits per heavy atom. The van der Waals surface area contributed by atoms with Crippen molar-refractivity contribution in [3.8, 4) is 11.3 Å². The Kier molecular flexibility index (Phi) is 3.99. The van der Waals surface area contributed by atoms with Crippen molar-refractivity contribution < 1.29 is 8.81 Å². The van der Waals surface area contributed by atoms with Crippen LogP contribution in [0.5, 0.6) is 0 Å². The summed E-state index contributed by atoms with van der Waals surface area (Å²) in [4.78, 5) is 4.21. The molecule has 4 rings (SSSR count). The number of halogens is 1. The molecule has 0 radical (unpaired) electrons. The van der Waals surface area contributed by atoms with Crippen LogP contribution in [0.1, 0.15) is 24.7 Å². The van der Waals surface area contributed by atoms with E-state index in [1.165, 1.54) is 12.3 Å². The molecule has 0 saturated carbocycles. The Morgan fingerprint density at radius 3 is 2.88 bits per heavy atom. The highest BCUT2D eigenvalue weighted by Gasteiger charge is 2.15. The van der Waals surface area contributed by atoms with Gasteiger partial charge in [-0.25, -0.2) is 9.37 Å². The maximum atomic E-state index is 13.8. The standard InChI is InChI=1S/C18H16FN5O/c1-12(18-23-22-16-8-4-5-9-24(16)18)20-11-17-21-10-15(25-17)13-6-2-3-7-14(13)19/h2-10,12,20H,11H2,1H3. The van der Waals surface area contributed by atoms with Crippen molar-refractivity contribution in [3.63, 3.8) is 0 Å². The predicted octanol–water partition coefficient (Wildman–Crippen LogP) is 3.37. The van der Waals surface area contributed by atoms with E-state index in [1.54, 1.807) is 18.2 Å². The number of pyridine rings is 1. The highest BCUT2D eigenvalue weighted by Crippen LogP contribution is 2.23. The Labute approximate surface area is 143 Å². The lowest BCUT2D eigenvalue weighted by Crippen LogP contribution is -2.20. The molecule has 6 nitrogen and oxygen atoms in total. The first-order chi connectivity index (χ1) is 12.2. The largest absolute Gasteiger partial charge is 0.439 e. The van der Waals surface area contributed by atoms with Gasteiger partial charge in [0.2, 0.25) is 5.89 Å². The molecule has 3 heterocycles. The third-order valence-corrected chi connectivity index (χ3v) is 3.98. The summed E-state index contributed by atoms with van der Waals surface area (Å²) in [6.45, 7) is 2.39. The van der Waals surface area contributed by atoms with Crippen LogP contribution in [0.25, 0.3) is 17.0 Å². The van der Waals surface area contributed by atoms with Crippen molar-refractivity contribution in [3.05, 3.63) is 72.4 Å². The lowest BCUT2D eigenvalue weighted by atomic mass is 10.2. The van der Waals surface area contributed by atoms with Gasteiger partial charge in [-0.3, -0.25) is 9.72 Å². The van der Waals surface area contributed by atoms with Gasteiger partial charge in [-0.2, -0.15) is 0 Å². The molecule has 0 amide bonds. The minimum atomic E-state index is -0.332. The lowest BCUT2D eigenvalue weighted by molar-refractivity contribution is 0.444. The van der Waals surface area contributed by atoms with Gasteiger partial charge in [-0.15, -0.1) is 10.2 Å². The SMILES string of the molecule is CC(NCc1ncc(-c2ccccc2F)o1)c1nnc2ccccn12. The number of fused-ring (bicyclic) bond motifs is 1. The Bertz CT molecular complexity index is 1010. The van der Waals surface area contributed by atoms with Crippen LogP contribution < -0.4 is 5.32 Å². The number of aromatic nitrogens is 4. The lowest BCUT2D eigenvalue weighted by Gasteiger charge is -2.10. The van der Waals surface area contributed by atoms with Gasteiger partial charge in [-0.05, 0) is 31.2 Å². The average Bonchev–Trinajstić information content (AvgIpc) is 3.27. The predicted molar refractivity (Wildman–Crippen MR) is 90.1 cm³/mol. The zero-order valence-corrected chi connectivity index (χ0v) is 13.6. The van der Waals surface area contributed by atoms with Crippen molar-refractivity contribution >= 4 is 5.65 Å². The van der Waals surface area contributed by atoms with Crippen LogP contribution in [0.3, 0.4) is 0 Å². The maximum Gasteiger partial charge on any atom is 0.208 e. The van der Waals surface area contributed by atoms with E-state index in [0.29, 0.717) is 23.8 Å². The summed E-state index contributed by atoms with van der Waals surface area (Å²) in [6, 6.07) is 12.2. The molecule has 1 unspecified atom stereocenters. The zero-order valence-electron chi connectivity index (χ0n) is 13.6. The summed E-state index contributed by atoms with van der Waals surface area (Å²) in [5.41, 5.74) is 1.20. The first-order valence-electron chi connectivity index (χ1n) is 7.95. The Morgan fingerprint density at radius 2 is 2.00 bits per heavy atom. The molecule has 0 bridgehead atoms. The van der Waals surface area contributed by atoms with Crippen molar-refractivity contribution in [2.24, 2.45) is 0 Å². The number of nitrogens with one attached hydrogen (secondary N) is 1. The fraction of sp³-hybridized carbons (Fsp3) is 0.167. The van der Waals surface area contributed by atoms with Gasteiger partial charge < -0.3 is 4.42 Å². The number of oxazole rings is 1. The molecule has 0 spiro atoms. The fourth-order valence-electron chi connectivity index (χ4n) is 2.66. The van der Waals surface area contributed by atoms with Crippen LogP contribution in [0.15, 0.2) is 59.3 Å². The first kappa shape index (κ1) is 15.5. The molecule has 4 aromatic rings. The first-order valence-corrected chi connectivity index (χ1v) is 7.95. The number of hydrogen-bond donors (Lipinski definition) is 1. The van der Waals surface area contributed by atoms with Crippen molar-refractivity contribution in [2.75, 3.05) is 0 Å². The molecule has 0 fully saturated rings. The average molecular weight is 337 g/mol. The van der Waals surface area contributed by atoms with E-state index in [4.69, 9.17) is 4.42 Å². The second-order valence-corrected chi connectivity index (χ2v) is 5.69. The Balaban J connectivity index is 1.48.